The van der Waals surface area contributed by atoms with Gasteiger partial charge in [-0.1, -0.05) is 20.3 Å². The van der Waals surface area contributed by atoms with Gasteiger partial charge in [-0.15, -0.1) is 11.3 Å². The first-order valence-electron chi connectivity index (χ1n) is 7.12. The predicted octanol–water partition coefficient (Wildman–Crippen LogP) is 2.82. The number of rotatable bonds is 4. The third-order valence-electron chi connectivity index (χ3n) is 3.73. The van der Waals surface area contributed by atoms with E-state index in [1.807, 2.05) is 10.3 Å². The summed E-state index contributed by atoms with van der Waals surface area (Å²) in [6.45, 7) is 6.06. The highest BCUT2D eigenvalue weighted by Gasteiger charge is 2.23. The van der Waals surface area contributed by atoms with Gasteiger partial charge >= 0.3 is 0 Å². The Hall–Kier alpha value is -0.940. The third-order valence-corrected chi connectivity index (χ3v) is 4.71. The number of nitrogens with zero attached hydrogens (tertiary/aromatic N) is 2. The quantitative estimate of drug-likeness (QED) is 0.923. The number of carbonyl (C=O) groups is 1. The van der Waals surface area contributed by atoms with E-state index >= 15 is 0 Å². The van der Waals surface area contributed by atoms with Crippen LogP contribution in [-0.4, -0.2) is 28.9 Å². The van der Waals surface area contributed by atoms with Gasteiger partial charge in [0.1, 0.15) is 10.7 Å². The number of hydrogen-bond acceptors (Lipinski definition) is 4. The molecule has 0 spiro atoms. The van der Waals surface area contributed by atoms with E-state index in [4.69, 9.17) is 5.73 Å². The van der Waals surface area contributed by atoms with Crippen LogP contribution in [-0.2, 0) is 0 Å². The molecule has 19 heavy (non-hydrogen) atoms. The zero-order chi connectivity index (χ0) is 13.8. The summed E-state index contributed by atoms with van der Waals surface area (Å²) in [4.78, 5) is 18.7. The fraction of sp³-hybridized carbons (Fsp3) is 0.714. The molecule has 4 nitrogen and oxygen atoms in total. The minimum atomic E-state index is -0.0297. The number of hydrogen-bond donors (Lipinski definition) is 1. The number of aromatic nitrogens is 1. The standard InChI is InChI=1S/C14H23N3OS/c1-3-4-11(15)13-16-12(9-19-13)14(18)17-7-5-10(2)6-8-17/h9-11H,3-8,15H2,1-2H3. The summed E-state index contributed by atoms with van der Waals surface area (Å²) in [5.74, 6) is 0.797. The molecule has 0 radical (unpaired) electrons. The smallest absolute Gasteiger partial charge is 0.273 e. The zero-order valence-electron chi connectivity index (χ0n) is 11.8. The molecular weight excluding hydrogens is 258 g/mol. The topological polar surface area (TPSA) is 59.2 Å². The maximum atomic E-state index is 12.3. The molecule has 0 aromatic carbocycles. The van der Waals surface area contributed by atoms with Crippen LogP contribution in [0, 0.1) is 5.92 Å². The molecule has 2 rings (SSSR count). The molecule has 1 aromatic rings. The van der Waals surface area contributed by atoms with Crippen LogP contribution in [0.1, 0.15) is 61.1 Å². The first-order chi connectivity index (χ1) is 9.11. The van der Waals surface area contributed by atoms with Crippen LogP contribution in [0.2, 0.25) is 0 Å². The summed E-state index contributed by atoms with van der Waals surface area (Å²) in [5.41, 5.74) is 6.61. The van der Waals surface area contributed by atoms with Gasteiger partial charge in [0.05, 0.1) is 6.04 Å². The van der Waals surface area contributed by atoms with Crippen molar-refractivity contribution in [2.75, 3.05) is 13.1 Å². The van der Waals surface area contributed by atoms with Gasteiger partial charge in [0.2, 0.25) is 0 Å². The second-order valence-corrected chi connectivity index (χ2v) is 6.33. The van der Waals surface area contributed by atoms with Gasteiger partial charge in [0.15, 0.2) is 0 Å². The minimum absolute atomic E-state index is 0.0297. The van der Waals surface area contributed by atoms with E-state index in [9.17, 15) is 4.79 Å². The molecule has 1 amide bonds. The second kappa shape index (κ2) is 6.48. The zero-order valence-corrected chi connectivity index (χ0v) is 12.6. The maximum absolute atomic E-state index is 12.3. The number of piperidine rings is 1. The predicted molar refractivity (Wildman–Crippen MR) is 78.3 cm³/mol. The van der Waals surface area contributed by atoms with E-state index in [0.717, 1.165) is 49.7 Å². The molecule has 2 N–H and O–H groups in total. The molecule has 1 aliphatic rings. The van der Waals surface area contributed by atoms with E-state index in [1.165, 1.54) is 11.3 Å². The average Bonchev–Trinajstić information content (AvgIpc) is 2.89. The van der Waals surface area contributed by atoms with Gasteiger partial charge in [0, 0.05) is 18.5 Å². The minimum Gasteiger partial charge on any atom is -0.337 e. The van der Waals surface area contributed by atoms with E-state index in [-0.39, 0.29) is 11.9 Å². The molecule has 2 heterocycles. The van der Waals surface area contributed by atoms with Crippen LogP contribution in [0.25, 0.3) is 0 Å². The maximum Gasteiger partial charge on any atom is 0.273 e. The summed E-state index contributed by atoms with van der Waals surface area (Å²) in [6, 6.07) is -0.0297. The van der Waals surface area contributed by atoms with Gasteiger partial charge in [-0.25, -0.2) is 4.98 Å². The fourth-order valence-corrected chi connectivity index (χ4v) is 3.19. The Morgan fingerprint density at radius 2 is 2.26 bits per heavy atom. The van der Waals surface area contributed by atoms with Crippen molar-refractivity contribution in [2.45, 2.75) is 45.6 Å². The molecule has 1 unspecified atom stereocenters. The summed E-state index contributed by atoms with van der Waals surface area (Å²) in [6.07, 6.45) is 4.15. The van der Waals surface area contributed by atoms with Crippen molar-refractivity contribution < 1.29 is 4.79 Å². The molecule has 106 valence electrons. The van der Waals surface area contributed by atoms with Crippen LogP contribution in [0.15, 0.2) is 5.38 Å². The lowest BCUT2D eigenvalue weighted by Gasteiger charge is -2.29. The van der Waals surface area contributed by atoms with Gasteiger partial charge in [-0.3, -0.25) is 4.79 Å². The molecule has 0 bridgehead atoms. The van der Waals surface area contributed by atoms with E-state index in [0.29, 0.717) is 5.69 Å². The summed E-state index contributed by atoms with van der Waals surface area (Å²) in [5, 5.41) is 2.74. The van der Waals surface area contributed by atoms with Crippen LogP contribution >= 0.6 is 11.3 Å². The Balaban J connectivity index is 2.00. The molecule has 5 heteroatoms. The lowest BCUT2D eigenvalue weighted by molar-refractivity contribution is 0.0692. The van der Waals surface area contributed by atoms with E-state index < -0.39 is 0 Å². The third kappa shape index (κ3) is 3.54. The Morgan fingerprint density at radius 3 is 2.89 bits per heavy atom. The van der Waals surface area contributed by atoms with Gasteiger partial charge in [0.25, 0.3) is 5.91 Å². The van der Waals surface area contributed by atoms with Crippen LogP contribution in [0.4, 0.5) is 0 Å². The number of likely N-dealkylation sites (tertiary alicyclic amines) is 1. The Morgan fingerprint density at radius 1 is 1.58 bits per heavy atom. The number of carbonyl (C=O) groups excluding carboxylic acids is 1. The molecule has 1 fully saturated rings. The number of nitrogens with two attached hydrogens (primary N) is 1. The average molecular weight is 281 g/mol. The van der Waals surface area contributed by atoms with Crippen molar-refractivity contribution in [3.05, 3.63) is 16.1 Å². The van der Waals surface area contributed by atoms with Crippen LogP contribution in [0.5, 0.6) is 0 Å². The normalized spacial score (nSPS) is 18.6. The van der Waals surface area contributed by atoms with Gasteiger partial charge < -0.3 is 10.6 Å². The fourth-order valence-electron chi connectivity index (χ4n) is 2.36. The van der Waals surface area contributed by atoms with Crippen LogP contribution in [0.3, 0.4) is 0 Å². The van der Waals surface area contributed by atoms with Crippen molar-refractivity contribution in [3.63, 3.8) is 0 Å². The highest BCUT2D eigenvalue weighted by molar-refractivity contribution is 7.09. The first-order valence-corrected chi connectivity index (χ1v) is 8.00. The molecule has 1 aliphatic heterocycles. The highest BCUT2D eigenvalue weighted by atomic mass is 32.1. The van der Waals surface area contributed by atoms with Crippen molar-refractivity contribution in [2.24, 2.45) is 11.7 Å². The van der Waals surface area contributed by atoms with Crippen molar-refractivity contribution in [1.29, 1.82) is 0 Å². The Kier molecular flexibility index (Phi) is 4.93. The summed E-state index contributed by atoms with van der Waals surface area (Å²) in [7, 11) is 0. The van der Waals surface area contributed by atoms with Crippen molar-refractivity contribution >= 4 is 17.2 Å². The molecule has 1 saturated heterocycles. The molecule has 0 saturated carbocycles. The highest BCUT2D eigenvalue weighted by Crippen LogP contribution is 2.22. The lowest BCUT2D eigenvalue weighted by atomic mass is 9.99. The Labute approximate surface area is 119 Å². The second-order valence-electron chi connectivity index (χ2n) is 5.44. The SMILES string of the molecule is CCCC(N)c1nc(C(=O)N2CCC(C)CC2)cs1. The molecule has 1 atom stereocenters. The first kappa shape index (κ1) is 14.5. The summed E-state index contributed by atoms with van der Waals surface area (Å²) >= 11 is 1.51. The largest absolute Gasteiger partial charge is 0.337 e. The van der Waals surface area contributed by atoms with E-state index in [1.54, 1.807) is 0 Å². The van der Waals surface area contributed by atoms with Gasteiger partial charge in [-0.05, 0) is 25.2 Å². The van der Waals surface area contributed by atoms with Crippen LogP contribution < -0.4 is 5.73 Å². The van der Waals surface area contributed by atoms with Crippen molar-refractivity contribution in [1.82, 2.24) is 9.88 Å². The number of amides is 1. The summed E-state index contributed by atoms with van der Waals surface area (Å²) < 4.78 is 0. The molecular formula is C14H23N3OS. The molecule has 0 aliphatic carbocycles. The lowest BCUT2D eigenvalue weighted by Crippen LogP contribution is -2.38. The number of thiazole rings is 1. The molecule has 1 aromatic heterocycles. The monoisotopic (exact) mass is 281 g/mol. The van der Waals surface area contributed by atoms with E-state index in [2.05, 4.69) is 18.8 Å². The van der Waals surface area contributed by atoms with Crippen molar-refractivity contribution in [3.8, 4) is 0 Å². The Bertz CT molecular complexity index is 424. The van der Waals surface area contributed by atoms with Gasteiger partial charge in [-0.2, -0.15) is 0 Å².